The highest BCUT2D eigenvalue weighted by Crippen LogP contribution is 2.21. The summed E-state index contributed by atoms with van der Waals surface area (Å²) in [6.07, 6.45) is -9.10. The molecule has 2 aromatic rings. The fraction of sp³-hybridized carbons (Fsp3) is 0.300. The molecular weight excluding hydrogens is 414 g/mol. The summed E-state index contributed by atoms with van der Waals surface area (Å²) in [6.45, 7) is -3.61. The maximum absolute atomic E-state index is 13.0. The Balaban J connectivity index is 2.11. The maximum atomic E-state index is 13.0. The number of halogens is 6. The van der Waals surface area contributed by atoms with E-state index in [1.54, 1.807) is 0 Å². The molecule has 0 aliphatic carbocycles. The molecule has 2 rings (SSSR count). The number of rotatable bonds is 7. The lowest BCUT2D eigenvalue weighted by Crippen LogP contribution is -2.38. The molecule has 0 radical (unpaired) electrons. The Labute approximate surface area is 168 Å². The van der Waals surface area contributed by atoms with Crippen molar-refractivity contribution in [2.75, 3.05) is 13.2 Å². The normalized spacial score (nSPS) is 11.8. The van der Waals surface area contributed by atoms with E-state index >= 15 is 0 Å². The lowest BCUT2D eigenvalue weighted by atomic mass is 10.1. The minimum Gasteiger partial charge on any atom is -0.367 e. The Bertz CT molecular complexity index is 884. The van der Waals surface area contributed by atoms with Crippen LogP contribution in [-0.4, -0.2) is 36.3 Å². The summed E-state index contributed by atoms with van der Waals surface area (Å²) in [7, 11) is 0. The summed E-state index contributed by atoms with van der Waals surface area (Å²) in [5.41, 5.74) is 1.03. The monoisotopic (exact) mass is 430 g/mol. The predicted octanol–water partition coefficient (Wildman–Crippen LogP) is 4.84. The molecule has 0 saturated heterocycles. The largest absolute Gasteiger partial charge is 0.411 e. The fourth-order valence-corrected chi connectivity index (χ4v) is 2.53. The summed E-state index contributed by atoms with van der Waals surface area (Å²) in [4.78, 5) is 13.2. The van der Waals surface area contributed by atoms with Crippen LogP contribution in [0.3, 0.4) is 0 Å². The van der Waals surface area contributed by atoms with Gasteiger partial charge in [0.1, 0.15) is 13.2 Å². The molecule has 0 saturated carbocycles. The van der Waals surface area contributed by atoms with E-state index in [0.717, 1.165) is 0 Å². The highest BCUT2D eigenvalue weighted by Gasteiger charge is 2.33. The first kappa shape index (κ1) is 23.2. The molecular formula is C20H16F6N2O2. The van der Waals surface area contributed by atoms with Crippen LogP contribution in [0, 0.1) is 11.3 Å². The molecule has 10 heteroatoms. The Morgan fingerprint density at radius 3 is 1.97 bits per heavy atom. The number of amides is 1. The zero-order valence-corrected chi connectivity index (χ0v) is 15.4. The highest BCUT2D eigenvalue weighted by molar-refractivity contribution is 5.94. The first-order valence-corrected chi connectivity index (χ1v) is 8.55. The van der Waals surface area contributed by atoms with Gasteiger partial charge in [0.15, 0.2) is 0 Å². The van der Waals surface area contributed by atoms with Crippen molar-refractivity contribution in [2.45, 2.75) is 25.5 Å². The van der Waals surface area contributed by atoms with Crippen molar-refractivity contribution in [1.82, 2.24) is 4.90 Å². The standard InChI is InChI=1S/C20H16F6N2O2/c21-19(22,23)12-28(10-15-3-1-14(9-27)2-4-15)18(29)17-7-5-16(6-8-17)11-30-13-20(24,25)26/h1-8H,10-13H2. The fourth-order valence-electron chi connectivity index (χ4n) is 2.53. The van der Waals surface area contributed by atoms with Gasteiger partial charge in [-0.15, -0.1) is 0 Å². The van der Waals surface area contributed by atoms with Crippen LogP contribution in [0.2, 0.25) is 0 Å². The molecule has 2 aromatic carbocycles. The number of hydrogen-bond donors (Lipinski definition) is 0. The van der Waals surface area contributed by atoms with Crippen molar-refractivity contribution in [3.63, 3.8) is 0 Å². The van der Waals surface area contributed by atoms with E-state index in [1.165, 1.54) is 48.5 Å². The third-order valence-electron chi connectivity index (χ3n) is 3.85. The molecule has 30 heavy (non-hydrogen) atoms. The van der Waals surface area contributed by atoms with E-state index in [4.69, 9.17) is 5.26 Å². The molecule has 0 aliphatic heterocycles. The van der Waals surface area contributed by atoms with Gasteiger partial charge in [-0.2, -0.15) is 31.6 Å². The van der Waals surface area contributed by atoms with Gasteiger partial charge in [-0.05, 0) is 35.4 Å². The molecule has 0 heterocycles. The van der Waals surface area contributed by atoms with Gasteiger partial charge in [-0.1, -0.05) is 24.3 Å². The van der Waals surface area contributed by atoms with Gasteiger partial charge >= 0.3 is 12.4 Å². The molecule has 0 bridgehead atoms. The number of carbonyl (C=O) groups is 1. The topological polar surface area (TPSA) is 53.3 Å². The highest BCUT2D eigenvalue weighted by atomic mass is 19.4. The van der Waals surface area contributed by atoms with E-state index < -0.39 is 31.4 Å². The first-order chi connectivity index (χ1) is 14.0. The average Bonchev–Trinajstić information content (AvgIpc) is 2.66. The van der Waals surface area contributed by atoms with Gasteiger partial charge in [0, 0.05) is 12.1 Å². The second kappa shape index (κ2) is 9.63. The predicted molar refractivity (Wildman–Crippen MR) is 94.1 cm³/mol. The second-order valence-electron chi connectivity index (χ2n) is 6.39. The Morgan fingerprint density at radius 1 is 0.900 bits per heavy atom. The van der Waals surface area contributed by atoms with Crippen molar-refractivity contribution in [3.8, 4) is 6.07 Å². The van der Waals surface area contributed by atoms with Crippen molar-refractivity contribution < 1.29 is 35.9 Å². The van der Waals surface area contributed by atoms with Crippen LogP contribution in [0.25, 0.3) is 0 Å². The van der Waals surface area contributed by atoms with E-state index in [-0.39, 0.29) is 18.7 Å². The Kier molecular flexibility index (Phi) is 7.45. The third-order valence-corrected chi connectivity index (χ3v) is 3.85. The van der Waals surface area contributed by atoms with Gasteiger partial charge in [0.05, 0.1) is 18.2 Å². The number of carbonyl (C=O) groups excluding carboxylic acids is 1. The number of nitriles is 1. The van der Waals surface area contributed by atoms with Crippen molar-refractivity contribution >= 4 is 5.91 Å². The summed E-state index contributed by atoms with van der Waals surface area (Å²) in [5.74, 6) is -0.889. The van der Waals surface area contributed by atoms with Gasteiger partial charge in [0.25, 0.3) is 5.91 Å². The van der Waals surface area contributed by atoms with Crippen molar-refractivity contribution in [3.05, 3.63) is 70.8 Å². The average molecular weight is 430 g/mol. The van der Waals surface area contributed by atoms with Gasteiger partial charge < -0.3 is 9.64 Å². The maximum Gasteiger partial charge on any atom is 0.411 e. The van der Waals surface area contributed by atoms with Gasteiger partial charge in [0.2, 0.25) is 0 Å². The Morgan fingerprint density at radius 2 is 1.47 bits per heavy atom. The molecule has 0 atom stereocenters. The molecule has 0 fully saturated rings. The number of nitrogens with zero attached hydrogens (tertiary/aromatic N) is 2. The lowest BCUT2D eigenvalue weighted by Gasteiger charge is -2.24. The van der Waals surface area contributed by atoms with Crippen molar-refractivity contribution in [2.24, 2.45) is 0 Å². The van der Waals surface area contributed by atoms with Crippen LogP contribution in [0.4, 0.5) is 26.3 Å². The molecule has 0 N–H and O–H groups in total. The third kappa shape index (κ3) is 7.75. The Hall–Kier alpha value is -3.06. The van der Waals surface area contributed by atoms with Crippen LogP contribution in [-0.2, 0) is 17.9 Å². The van der Waals surface area contributed by atoms with Crippen LogP contribution >= 0.6 is 0 Å². The van der Waals surface area contributed by atoms with E-state index in [0.29, 0.717) is 21.6 Å². The SMILES string of the molecule is N#Cc1ccc(CN(CC(F)(F)F)C(=O)c2ccc(COCC(F)(F)F)cc2)cc1. The molecule has 0 aromatic heterocycles. The molecule has 4 nitrogen and oxygen atoms in total. The summed E-state index contributed by atoms with van der Waals surface area (Å²) < 4.78 is 79.6. The van der Waals surface area contributed by atoms with Gasteiger partial charge in [-0.3, -0.25) is 4.79 Å². The van der Waals surface area contributed by atoms with E-state index in [2.05, 4.69) is 4.74 Å². The van der Waals surface area contributed by atoms with Crippen LogP contribution < -0.4 is 0 Å². The second-order valence-corrected chi connectivity index (χ2v) is 6.39. The number of benzene rings is 2. The number of hydrogen-bond acceptors (Lipinski definition) is 3. The first-order valence-electron chi connectivity index (χ1n) is 8.55. The van der Waals surface area contributed by atoms with Crippen molar-refractivity contribution in [1.29, 1.82) is 5.26 Å². The summed E-state index contributed by atoms with van der Waals surface area (Å²) >= 11 is 0. The molecule has 0 unspecified atom stereocenters. The minimum atomic E-state index is -4.63. The molecule has 160 valence electrons. The molecule has 1 amide bonds. The lowest BCUT2D eigenvalue weighted by molar-refractivity contribution is -0.176. The molecule has 0 spiro atoms. The van der Waals surface area contributed by atoms with E-state index in [9.17, 15) is 31.1 Å². The minimum absolute atomic E-state index is 0.0486. The smallest absolute Gasteiger partial charge is 0.367 e. The van der Waals surface area contributed by atoms with Crippen LogP contribution in [0.5, 0.6) is 0 Å². The summed E-state index contributed by atoms with van der Waals surface area (Å²) in [5, 5.41) is 8.79. The zero-order chi connectivity index (χ0) is 22.4. The van der Waals surface area contributed by atoms with Crippen LogP contribution in [0.15, 0.2) is 48.5 Å². The summed E-state index contributed by atoms with van der Waals surface area (Å²) in [6, 6.07) is 12.8. The quantitative estimate of drug-likeness (QED) is 0.591. The van der Waals surface area contributed by atoms with Gasteiger partial charge in [-0.25, -0.2) is 0 Å². The molecule has 0 aliphatic rings. The zero-order valence-electron chi connectivity index (χ0n) is 15.4. The van der Waals surface area contributed by atoms with Crippen LogP contribution in [0.1, 0.15) is 27.0 Å². The number of ether oxygens (including phenoxy) is 1. The van der Waals surface area contributed by atoms with E-state index in [1.807, 2.05) is 6.07 Å². The number of alkyl halides is 6.